The summed E-state index contributed by atoms with van der Waals surface area (Å²) in [5.74, 6) is 2.60. The van der Waals surface area contributed by atoms with E-state index in [1.54, 1.807) is 18.4 Å². The van der Waals surface area contributed by atoms with E-state index in [1.807, 2.05) is 42.6 Å². The van der Waals surface area contributed by atoms with Gasteiger partial charge in [0.25, 0.3) is 0 Å². The van der Waals surface area contributed by atoms with Crippen molar-refractivity contribution >= 4 is 29.0 Å². The van der Waals surface area contributed by atoms with Crippen LogP contribution in [0.4, 0.5) is 5.69 Å². The molecule has 5 rings (SSSR count). The number of para-hydroxylation sites is 1. The summed E-state index contributed by atoms with van der Waals surface area (Å²) in [4.78, 5) is 5.92. The first-order valence-corrected chi connectivity index (χ1v) is 11.4. The first kappa shape index (κ1) is 20.3. The number of nitrogens with zero attached hydrogens (tertiary/aromatic N) is 1. The summed E-state index contributed by atoms with van der Waals surface area (Å²) in [6, 6.07) is 28.8. The van der Waals surface area contributed by atoms with E-state index >= 15 is 0 Å². The molecule has 0 bridgehead atoms. The zero-order valence-corrected chi connectivity index (χ0v) is 18.8. The second-order valence-corrected chi connectivity index (χ2v) is 8.60. The SMILES string of the molecule is COc1ccc(N=CC2=C(c3cccs3)Oc3ccccc3[C@H]2c2ccccc2C)cc1. The van der Waals surface area contributed by atoms with Gasteiger partial charge >= 0.3 is 0 Å². The molecule has 0 amide bonds. The van der Waals surface area contributed by atoms with Crippen LogP contribution in [0, 0.1) is 6.92 Å². The maximum Gasteiger partial charge on any atom is 0.150 e. The van der Waals surface area contributed by atoms with Crippen LogP contribution in [0.3, 0.4) is 0 Å². The second kappa shape index (κ2) is 8.85. The molecule has 32 heavy (non-hydrogen) atoms. The predicted octanol–water partition coefficient (Wildman–Crippen LogP) is 7.40. The van der Waals surface area contributed by atoms with Gasteiger partial charge in [0.15, 0.2) is 0 Å². The molecule has 1 atom stereocenters. The summed E-state index contributed by atoms with van der Waals surface area (Å²) >= 11 is 1.67. The van der Waals surface area contributed by atoms with Crippen molar-refractivity contribution in [3.8, 4) is 11.5 Å². The van der Waals surface area contributed by atoms with Gasteiger partial charge in [-0.1, -0.05) is 48.5 Å². The number of benzene rings is 3. The van der Waals surface area contributed by atoms with Gasteiger partial charge < -0.3 is 9.47 Å². The molecule has 0 saturated heterocycles. The Bertz CT molecular complexity index is 1290. The van der Waals surface area contributed by atoms with E-state index in [0.29, 0.717) is 0 Å². The van der Waals surface area contributed by atoms with Gasteiger partial charge in [0.05, 0.1) is 17.7 Å². The van der Waals surface area contributed by atoms with Crippen LogP contribution in [-0.4, -0.2) is 13.3 Å². The Balaban J connectivity index is 1.70. The van der Waals surface area contributed by atoms with Crippen molar-refractivity contribution in [2.24, 2.45) is 4.99 Å². The number of aliphatic imine (C=N–C) groups is 1. The van der Waals surface area contributed by atoms with Crippen molar-refractivity contribution in [1.29, 1.82) is 0 Å². The molecule has 0 radical (unpaired) electrons. The number of rotatable bonds is 5. The van der Waals surface area contributed by atoms with E-state index in [1.165, 1.54) is 11.1 Å². The summed E-state index contributed by atoms with van der Waals surface area (Å²) in [6.07, 6.45) is 1.96. The fourth-order valence-corrected chi connectivity index (χ4v) is 4.80. The molecule has 158 valence electrons. The lowest BCUT2D eigenvalue weighted by Gasteiger charge is -2.30. The largest absolute Gasteiger partial charge is 0.497 e. The summed E-state index contributed by atoms with van der Waals surface area (Å²) in [6.45, 7) is 2.16. The third-order valence-electron chi connectivity index (χ3n) is 5.68. The molecule has 1 aliphatic rings. The van der Waals surface area contributed by atoms with Gasteiger partial charge in [-0.05, 0) is 59.8 Å². The second-order valence-electron chi connectivity index (χ2n) is 7.65. The van der Waals surface area contributed by atoms with E-state index in [2.05, 4.69) is 60.8 Å². The Kier molecular flexibility index (Phi) is 5.61. The van der Waals surface area contributed by atoms with E-state index < -0.39 is 0 Å². The topological polar surface area (TPSA) is 30.8 Å². The third-order valence-corrected chi connectivity index (χ3v) is 6.55. The highest BCUT2D eigenvalue weighted by Crippen LogP contribution is 2.46. The van der Waals surface area contributed by atoms with Gasteiger partial charge in [0.1, 0.15) is 17.3 Å². The minimum Gasteiger partial charge on any atom is -0.497 e. The van der Waals surface area contributed by atoms with Crippen LogP contribution >= 0.6 is 11.3 Å². The zero-order chi connectivity index (χ0) is 21.9. The maximum atomic E-state index is 6.48. The normalized spacial score (nSPS) is 15.5. The van der Waals surface area contributed by atoms with Crippen molar-refractivity contribution in [1.82, 2.24) is 0 Å². The van der Waals surface area contributed by atoms with Gasteiger partial charge in [-0.2, -0.15) is 0 Å². The Labute approximate surface area is 192 Å². The Morgan fingerprint density at radius 2 is 1.62 bits per heavy atom. The van der Waals surface area contributed by atoms with Crippen molar-refractivity contribution in [3.05, 3.63) is 117 Å². The number of aryl methyl sites for hydroxylation is 1. The van der Waals surface area contributed by atoms with Crippen LogP contribution in [-0.2, 0) is 0 Å². The minimum absolute atomic E-state index is 0.0280. The summed E-state index contributed by atoms with van der Waals surface area (Å²) in [7, 11) is 1.67. The number of hydrogen-bond donors (Lipinski definition) is 0. The molecule has 0 aliphatic carbocycles. The quantitative estimate of drug-likeness (QED) is 0.305. The smallest absolute Gasteiger partial charge is 0.150 e. The molecular formula is C28H23NO2S. The predicted molar refractivity (Wildman–Crippen MR) is 132 cm³/mol. The highest BCUT2D eigenvalue weighted by Gasteiger charge is 2.31. The number of methoxy groups -OCH3 is 1. The third kappa shape index (κ3) is 3.85. The molecule has 3 aromatic carbocycles. The molecule has 0 spiro atoms. The summed E-state index contributed by atoms with van der Waals surface area (Å²) < 4.78 is 11.8. The minimum atomic E-state index is 0.0280. The fourth-order valence-electron chi connectivity index (χ4n) is 4.07. The summed E-state index contributed by atoms with van der Waals surface area (Å²) in [5, 5.41) is 2.08. The lowest BCUT2D eigenvalue weighted by Crippen LogP contribution is -2.17. The monoisotopic (exact) mass is 437 g/mol. The molecule has 0 N–H and O–H groups in total. The molecule has 4 heteroatoms. The first-order chi connectivity index (χ1) is 15.7. The zero-order valence-electron chi connectivity index (χ0n) is 18.0. The van der Waals surface area contributed by atoms with Gasteiger partial charge in [0.2, 0.25) is 0 Å². The number of allylic oxidation sites excluding steroid dienone is 1. The molecule has 4 aromatic rings. The summed E-state index contributed by atoms with van der Waals surface area (Å²) in [5.41, 5.74) is 5.57. The Morgan fingerprint density at radius 1 is 0.875 bits per heavy atom. The van der Waals surface area contributed by atoms with Crippen LogP contribution in [0.1, 0.15) is 27.5 Å². The van der Waals surface area contributed by atoms with E-state index in [-0.39, 0.29) is 5.92 Å². The molecule has 3 nitrogen and oxygen atoms in total. The highest BCUT2D eigenvalue weighted by atomic mass is 32.1. The standard InChI is InChI=1S/C28H23NO2S/c1-19-8-3-4-9-22(19)27-23-10-5-6-11-25(23)31-28(26-12-7-17-32-26)24(27)18-29-20-13-15-21(30-2)16-14-20/h3-18,27H,1-2H3/t27-/m1/s1. The number of ether oxygens (including phenoxy) is 2. The molecule has 1 aliphatic heterocycles. The van der Waals surface area contributed by atoms with Crippen molar-refractivity contribution < 1.29 is 9.47 Å². The lowest BCUT2D eigenvalue weighted by atomic mass is 9.80. The number of thiophene rings is 1. The molecule has 2 heterocycles. The van der Waals surface area contributed by atoms with Crippen LogP contribution in [0.2, 0.25) is 0 Å². The van der Waals surface area contributed by atoms with Gasteiger partial charge in [-0.15, -0.1) is 11.3 Å². The highest BCUT2D eigenvalue weighted by molar-refractivity contribution is 7.11. The van der Waals surface area contributed by atoms with Gasteiger partial charge in [-0.3, -0.25) is 4.99 Å². The van der Waals surface area contributed by atoms with Gasteiger partial charge in [0, 0.05) is 23.3 Å². The molecule has 1 aromatic heterocycles. The van der Waals surface area contributed by atoms with E-state index in [9.17, 15) is 0 Å². The first-order valence-electron chi connectivity index (χ1n) is 10.5. The fraction of sp³-hybridized carbons (Fsp3) is 0.107. The number of fused-ring (bicyclic) bond motifs is 1. The molecular weight excluding hydrogens is 414 g/mol. The average molecular weight is 438 g/mol. The van der Waals surface area contributed by atoms with Crippen molar-refractivity contribution in [2.45, 2.75) is 12.8 Å². The molecule has 0 saturated carbocycles. The lowest BCUT2D eigenvalue weighted by molar-refractivity contribution is 0.415. The van der Waals surface area contributed by atoms with E-state index in [4.69, 9.17) is 14.5 Å². The van der Waals surface area contributed by atoms with Crippen molar-refractivity contribution in [3.63, 3.8) is 0 Å². The molecule has 0 unspecified atom stereocenters. The molecule has 0 fully saturated rings. The van der Waals surface area contributed by atoms with E-state index in [0.717, 1.165) is 39.0 Å². The average Bonchev–Trinajstić information content (AvgIpc) is 3.38. The van der Waals surface area contributed by atoms with Crippen LogP contribution in [0.25, 0.3) is 5.76 Å². The number of hydrogen-bond acceptors (Lipinski definition) is 4. The van der Waals surface area contributed by atoms with Crippen LogP contribution in [0.5, 0.6) is 11.5 Å². The Hall–Kier alpha value is -3.63. The van der Waals surface area contributed by atoms with Crippen molar-refractivity contribution in [2.75, 3.05) is 7.11 Å². The van der Waals surface area contributed by atoms with Gasteiger partial charge in [-0.25, -0.2) is 0 Å². The maximum absolute atomic E-state index is 6.48. The van der Waals surface area contributed by atoms with Crippen LogP contribution in [0.15, 0.2) is 101 Å². The Morgan fingerprint density at radius 3 is 2.34 bits per heavy atom. The van der Waals surface area contributed by atoms with Crippen LogP contribution < -0.4 is 9.47 Å².